The molecule has 1 aromatic heterocycles. The summed E-state index contributed by atoms with van der Waals surface area (Å²) >= 11 is 1.54. The van der Waals surface area contributed by atoms with Crippen molar-refractivity contribution in [3.8, 4) is 0 Å². The molecular formula is C13H14FNOS. The highest BCUT2D eigenvalue weighted by atomic mass is 32.2. The molecule has 2 nitrogen and oxygen atoms in total. The highest BCUT2D eigenvalue weighted by Gasteiger charge is 2.11. The van der Waals surface area contributed by atoms with Crippen LogP contribution in [-0.4, -0.2) is 0 Å². The molecule has 90 valence electrons. The molecule has 1 atom stereocenters. The predicted octanol–water partition coefficient (Wildman–Crippen LogP) is 3.90. The Labute approximate surface area is 104 Å². The van der Waals surface area contributed by atoms with Crippen molar-refractivity contribution >= 4 is 11.8 Å². The maximum atomic E-state index is 13.2. The fourth-order valence-electron chi connectivity index (χ4n) is 1.57. The van der Waals surface area contributed by atoms with Gasteiger partial charge in [-0.2, -0.15) is 0 Å². The molecule has 0 spiro atoms. The Morgan fingerprint density at radius 3 is 2.65 bits per heavy atom. The third kappa shape index (κ3) is 2.70. The van der Waals surface area contributed by atoms with E-state index in [1.165, 1.54) is 12.1 Å². The summed E-state index contributed by atoms with van der Waals surface area (Å²) in [6.07, 6.45) is 1.65. The van der Waals surface area contributed by atoms with Crippen LogP contribution in [0.25, 0.3) is 0 Å². The Bertz CT molecular complexity index is 522. The number of halogens is 1. The van der Waals surface area contributed by atoms with Gasteiger partial charge in [-0.15, -0.1) is 0 Å². The zero-order chi connectivity index (χ0) is 12.4. The predicted molar refractivity (Wildman–Crippen MR) is 66.6 cm³/mol. The summed E-state index contributed by atoms with van der Waals surface area (Å²) in [4.78, 5) is 1.99. The van der Waals surface area contributed by atoms with E-state index in [-0.39, 0.29) is 11.9 Å². The van der Waals surface area contributed by atoms with E-state index in [4.69, 9.17) is 10.2 Å². The van der Waals surface area contributed by atoms with Crippen molar-refractivity contribution in [2.24, 2.45) is 5.73 Å². The minimum absolute atomic E-state index is 0.194. The summed E-state index contributed by atoms with van der Waals surface area (Å²) in [6.45, 7) is 3.75. The van der Waals surface area contributed by atoms with Gasteiger partial charge in [-0.25, -0.2) is 4.39 Å². The van der Waals surface area contributed by atoms with Gasteiger partial charge in [-0.3, -0.25) is 0 Å². The van der Waals surface area contributed by atoms with Gasteiger partial charge in [0, 0.05) is 10.9 Å². The second-order valence-electron chi connectivity index (χ2n) is 3.91. The van der Waals surface area contributed by atoms with Crippen LogP contribution >= 0.6 is 11.8 Å². The molecule has 1 heterocycles. The van der Waals surface area contributed by atoms with E-state index in [1.807, 2.05) is 19.9 Å². The highest BCUT2D eigenvalue weighted by molar-refractivity contribution is 7.99. The van der Waals surface area contributed by atoms with E-state index in [1.54, 1.807) is 24.1 Å². The highest BCUT2D eigenvalue weighted by Crippen LogP contribution is 2.35. The Balaban J connectivity index is 2.36. The normalized spacial score (nSPS) is 12.7. The number of rotatable bonds is 3. The topological polar surface area (TPSA) is 39.2 Å². The maximum absolute atomic E-state index is 13.2. The molecule has 2 aromatic rings. The van der Waals surface area contributed by atoms with Crippen LogP contribution in [-0.2, 0) is 0 Å². The van der Waals surface area contributed by atoms with E-state index in [2.05, 4.69) is 0 Å². The minimum atomic E-state index is -0.259. The number of hydrogen-bond acceptors (Lipinski definition) is 3. The van der Waals surface area contributed by atoms with Crippen LogP contribution in [0.15, 0.2) is 44.7 Å². The van der Waals surface area contributed by atoms with Gasteiger partial charge in [0.15, 0.2) is 0 Å². The molecule has 2 rings (SSSR count). The van der Waals surface area contributed by atoms with E-state index < -0.39 is 0 Å². The summed E-state index contributed by atoms with van der Waals surface area (Å²) in [7, 11) is 0. The molecule has 0 radical (unpaired) electrons. The lowest BCUT2D eigenvalue weighted by molar-refractivity contribution is 0.527. The number of furan rings is 1. The van der Waals surface area contributed by atoms with Gasteiger partial charge < -0.3 is 10.2 Å². The van der Waals surface area contributed by atoms with Gasteiger partial charge >= 0.3 is 0 Å². The van der Waals surface area contributed by atoms with Crippen molar-refractivity contribution in [2.75, 3.05) is 0 Å². The quantitative estimate of drug-likeness (QED) is 0.899. The first kappa shape index (κ1) is 12.2. The zero-order valence-corrected chi connectivity index (χ0v) is 10.6. The molecular weight excluding hydrogens is 237 g/mol. The molecule has 0 aliphatic heterocycles. The molecule has 0 unspecified atom stereocenters. The standard InChI is InChI=1S/C13H14FNOS/c1-8(15)11-7-10(14)3-4-13(11)17-12-5-6-16-9(12)2/h3-8H,15H2,1-2H3/t8-/m1/s1. The SMILES string of the molecule is Cc1occc1Sc1ccc(F)cc1[C@@H](C)N. The summed E-state index contributed by atoms with van der Waals surface area (Å²) in [5.41, 5.74) is 6.66. The van der Waals surface area contributed by atoms with Gasteiger partial charge in [0.25, 0.3) is 0 Å². The van der Waals surface area contributed by atoms with Crippen molar-refractivity contribution in [2.45, 2.75) is 29.7 Å². The van der Waals surface area contributed by atoms with Crippen LogP contribution in [0.2, 0.25) is 0 Å². The monoisotopic (exact) mass is 251 g/mol. The number of benzene rings is 1. The van der Waals surface area contributed by atoms with E-state index in [9.17, 15) is 4.39 Å². The molecule has 1 aromatic carbocycles. The molecule has 2 N–H and O–H groups in total. The second-order valence-corrected chi connectivity index (χ2v) is 5.00. The first-order valence-corrected chi connectivity index (χ1v) is 6.16. The van der Waals surface area contributed by atoms with Crippen LogP contribution in [0.5, 0.6) is 0 Å². The van der Waals surface area contributed by atoms with Crippen LogP contribution < -0.4 is 5.73 Å². The first-order chi connectivity index (χ1) is 8.08. The Kier molecular flexibility index (Phi) is 3.54. The van der Waals surface area contributed by atoms with Crippen molar-refractivity contribution in [3.63, 3.8) is 0 Å². The Morgan fingerprint density at radius 1 is 1.29 bits per heavy atom. The van der Waals surface area contributed by atoms with Crippen molar-refractivity contribution in [3.05, 3.63) is 47.7 Å². The fourth-order valence-corrected chi connectivity index (χ4v) is 2.62. The van der Waals surface area contributed by atoms with Gasteiger partial charge in [0.1, 0.15) is 11.6 Å². The van der Waals surface area contributed by atoms with Gasteiger partial charge in [0.05, 0.1) is 11.2 Å². The Hall–Kier alpha value is -1.26. The molecule has 0 amide bonds. The lowest BCUT2D eigenvalue weighted by Crippen LogP contribution is -2.06. The third-order valence-electron chi connectivity index (χ3n) is 2.49. The second kappa shape index (κ2) is 4.94. The zero-order valence-electron chi connectivity index (χ0n) is 9.74. The van der Waals surface area contributed by atoms with Gasteiger partial charge in [-0.05, 0) is 43.7 Å². The van der Waals surface area contributed by atoms with E-state index in [0.717, 1.165) is 21.1 Å². The molecule has 4 heteroatoms. The van der Waals surface area contributed by atoms with Crippen LogP contribution in [0.3, 0.4) is 0 Å². The average Bonchev–Trinajstić information content (AvgIpc) is 2.67. The van der Waals surface area contributed by atoms with Crippen molar-refractivity contribution in [1.29, 1.82) is 0 Å². The number of aryl methyl sites for hydroxylation is 1. The summed E-state index contributed by atoms with van der Waals surface area (Å²) in [5.74, 6) is 0.598. The first-order valence-electron chi connectivity index (χ1n) is 5.35. The van der Waals surface area contributed by atoms with Gasteiger partial charge in [0.2, 0.25) is 0 Å². The van der Waals surface area contributed by atoms with Crippen LogP contribution in [0, 0.1) is 12.7 Å². The summed E-state index contributed by atoms with van der Waals surface area (Å²) in [5, 5.41) is 0. The third-order valence-corrected chi connectivity index (χ3v) is 3.73. The summed E-state index contributed by atoms with van der Waals surface area (Å²) in [6, 6.07) is 6.39. The van der Waals surface area contributed by atoms with Crippen molar-refractivity contribution in [1.82, 2.24) is 0 Å². The molecule has 0 fully saturated rings. The van der Waals surface area contributed by atoms with E-state index in [0.29, 0.717) is 0 Å². The molecule has 0 saturated heterocycles. The van der Waals surface area contributed by atoms with Crippen molar-refractivity contribution < 1.29 is 8.81 Å². The molecule has 0 aliphatic rings. The molecule has 17 heavy (non-hydrogen) atoms. The van der Waals surface area contributed by atoms with E-state index >= 15 is 0 Å². The minimum Gasteiger partial charge on any atom is -0.468 e. The number of nitrogens with two attached hydrogens (primary N) is 1. The molecule has 0 aliphatic carbocycles. The van der Waals surface area contributed by atoms with Crippen LogP contribution in [0.1, 0.15) is 24.3 Å². The molecule has 0 bridgehead atoms. The van der Waals surface area contributed by atoms with Gasteiger partial charge in [-0.1, -0.05) is 11.8 Å². The number of hydrogen-bond donors (Lipinski definition) is 1. The summed E-state index contributed by atoms with van der Waals surface area (Å²) < 4.78 is 18.4. The lowest BCUT2D eigenvalue weighted by atomic mass is 10.1. The smallest absolute Gasteiger partial charge is 0.123 e. The van der Waals surface area contributed by atoms with Crippen LogP contribution in [0.4, 0.5) is 4.39 Å². The average molecular weight is 251 g/mol. The molecule has 0 saturated carbocycles. The Morgan fingerprint density at radius 2 is 2.06 bits per heavy atom. The maximum Gasteiger partial charge on any atom is 0.123 e. The largest absolute Gasteiger partial charge is 0.468 e. The fraction of sp³-hybridized carbons (Fsp3) is 0.231. The lowest BCUT2D eigenvalue weighted by Gasteiger charge is -2.11.